The van der Waals surface area contributed by atoms with Crippen molar-refractivity contribution in [3.05, 3.63) is 22.4 Å². The summed E-state index contributed by atoms with van der Waals surface area (Å²) in [6.07, 6.45) is 12.6. The third-order valence-electron chi connectivity index (χ3n) is 5.23. The lowest BCUT2D eigenvalue weighted by molar-refractivity contribution is 0.450. The van der Waals surface area contributed by atoms with Gasteiger partial charge in [0.1, 0.15) is 11.7 Å². The molecule has 1 heterocycles. The van der Waals surface area contributed by atoms with E-state index >= 15 is 0 Å². The Morgan fingerprint density at radius 1 is 0.692 bits per heavy atom. The Hall–Kier alpha value is -1.86. The minimum Gasteiger partial charge on any atom is -0.384 e. The van der Waals surface area contributed by atoms with E-state index in [0.717, 1.165) is 80.3 Å². The molecule has 0 saturated heterocycles. The maximum atomic E-state index is 8.13. The lowest BCUT2D eigenvalue weighted by Gasteiger charge is -2.25. The molecule has 2 aliphatic rings. The Kier molecular flexibility index (Phi) is 8.64. The Labute approximate surface area is 157 Å². The van der Waals surface area contributed by atoms with E-state index < -0.39 is 0 Å². The number of rotatable bonds is 3. The monoisotopic (exact) mass is 361 g/mol. The number of hydrogen-bond donors (Lipinski definition) is 7. The second kappa shape index (κ2) is 11.0. The molecule has 0 saturated carbocycles. The van der Waals surface area contributed by atoms with Gasteiger partial charge in [-0.3, -0.25) is 10.8 Å². The number of amidine groups is 2. The van der Waals surface area contributed by atoms with Crippen molar-refractivity contribution in [1.29, 1.82) is 10.8 Å². The molecule has 0 fully saturated rings. The molecule has 0 bridgehead atoms. The molecule has 1 aliphatic heterocycles. The zero-order valence-electron chi connectivity index (χ0n) is 15.8. The normalized spacial score (nSPS) is 24.5. The Morgan fingerprint density at radius 3 is 1.88 bits per heavy atom. The molecule has 7 nitrogen and oxygen atoms in total. The first kappa shape index (κ1) is 20.5. The predicted molar refractivity (Wildman–Crippen MR) is 108 cm³/mol. The molecular formula is C19H35N7. The van der Waals surface area contributed by atoms with Gasteiger partial charge in [-0.2, -0.15) is 5.53 Å². The third-order valence-corrected chi connectivity index (χ3v) is 5.23. The van der Waals surface area contributed by atoms with Gasteiger partial charge in [0, 0.05) is 12.1 Å². The molecule has 0 unspecified atom stereocenters. The summed E-state index contributed by atoms with van der Waals surface area (Å²) in [5, 5.41) is 16.2. The summed E-state index contributed by atoms with van der Waals surface area (Å²) in [4.78, 5) is 0. The van der Waals surface area contributed by atoms with Crippen LogP contribution in [0.4, 0.5) is 0 Å². The average Bonchev–Trinajstić information content (AvgIpc) is 2.62. The molecule has 0 spiro atoms. The number of nitrogens with one attached hydrogen (secondary N) is 5. The van der Waals surface area contributed by atoms with Gasteiger partial charge in [0.05, 0.1) is 5.70 Å². The molecule has 7 heteroatoms. The van der Waals surface area contributed by atoms with Gasteiger partial charge in [-0.25, -0.2) is 5.43 Å². The molecule has 0 aromatic heterocycles. The van der Waals surface area contributed by atoms with Crippen molar-refractivity contribution in [2.75, 3.05) is 6.54 Å². The van der Waals surface area contributed by atoms with Crippen LogP contribution in [0.3, 0.4) is 0 Å². The van der Waals surface area contributed by atoms with Crippen molar-refractivity contribution in [2.45, 2.75) is 77.0 Å². The highest BCUT2D eigenvalue weighted by Crippen LogP contribution is 2.29. The Bertz CT molecular complexity index is 512. The fourth-order valence-corrected chi connectivity index (χ4v) is 3.77. The van der Waals surface area contributed by atoms with Crippen LogP contribution in [0.15, 0.2) is 22.4 Å². The lowest BCUT2D eigenvalue weighted by Crippen LogP contribution is -2.45. The second-order valence-corrected chi connectivity index (χ2v) is 7.25. The first-order valence-electron chi connectivity index (χ1n) is 9.99. The maximum Gasteiger partial charge on any atom is 0.120 e. The van der Waals surface area contributed by atoms with E-state index in [-0.39, 0.29) is 11.7 Å². The molecular weight excluding hydrogens is 326 g/mol. The van der Waals surface area contributed by atoms with Crippen LogP contribution in [0.5, 0.6) is 0 Å². The van der Waals surface area contributed by atoms with E-state index in [2.05, 4.69) is 16.4 Å². The zero-order chi connectivity index (χ0) is 18.8. The van der Waals surface area contributed by atoms with Crippen LogP contribution in [0, 0.1) is 10.8 Å². The highest BCUT2D eigenvalue weighted by atomic mass is 15.6. The first-order chi connectivity index (χ1) is 12.6. The number of allylic oxidation sites excluding steroid dienone is 1. The van der Waals surface area contributed by atoms with Gasteiger partial charge in [0.15, 0.2) is 0 Å². The molecule has 146 valence electrons. The van der Waals surface area contributed by atoms with E-state index in [0.29, 0.717) is 0 Å². The van der Waals surface area contributed by atoms with E-state index in [1.807, 2.05) is 0 Å². The second-order valence-electron chi connectivity index (χ2n) is 7.25. The van der Waals surface area contributed by atoms with Crippen LogP contribution in [0.2, 0.25) is 0 Å². The fourth-order valence-electron chi connectivity index (χ4n) is 3.77. The van der Waals surface area contributed by atoms with Gasteiger partial charge in [0.25, 0.3) is 0 Å². The molecule has 0 aromatic carbocycles. The predicted octanol–water partition coefficient (Wildman–Crippen LogP) is 2.72. The van der Waals surface area contributed by atoms with E-state index in [4.69, 9.17) is 22.3 Å². The molecule has 1 aliphatic carbocycles. The highest BCUT2D eigenvalue weighted by molar-refractivity contribution is 5.98. The molecule has 9 N–H and O–H groups in total. The topological polar surface area (TPSA) is 136 Å². The number of hydrazine groups is 2. The van der Waals surface area contributed by atoms with E-state index in [1.54, 1.807) is 0 Å². The van der Waals surface area contributed by atoms with Crippen LogP contribution in [-0.2, 0) is 0 Å². The summed E-state index contributed by atoms with van der Waals surface area (Å²) in [7, 11) is 0. The molecule has 0 atom stereocenters. The van der Waals surface area contributed by atoms with Crippen LogP contribution in [0.25, 0.3) is 0 Å². The standard InChI is InChI=1S/C19H35N7/c20-18(21)15-11-7-4-2-1-3-6-10-14(15)17-16(19(22)23)12-8-5-9-13-24-26-25-17/h24-26H,1-13H2,(H3,20,21)(H3,22,23)/b15-14-,17-16?. The lowest BCUT2D eigenvalue weighted by atomic mass is 9.89. The van der Waals surface area contributed by atoms with Crippen LogP contribution in [0.1, 0.15) is 77.0 Å². The van der Waals surface area contributed by atoms with Gasteiger partial charge < -0.3 is 16.9 Å². The van der Waals surface area contributed by atoms with Crippen molar-refractivity contribution < 1.29 is 0 Å². The molecule has 0 radical (unpaired) electrons. The summed E-state index contributed by atoms with van der Waals surface area (Å²) in [5.74, 6) is 0.241. The summed E-state index contributed by atoms with van der Waals surface area (Å²) in [6, 6.07) is 0. The summed E-state index contributed by atoms with van der Waals surface area (Å²) in [6.45, 7) is 0.883. The van der Waals surface area contributed by atoms with Crippen molar-refractivity contribution in [3.63, 3.8) is 0 Å². The highest BCUT2D eigenvalue weighted by Gasteiger charge is 2.20. The van der Waals surface area contributed by atoms with Gasteiger partial charge in [-0.15, -0.1) is 0 Å². The van der Waals surface area contributed by atoms with Gasteiger partial charge >= 0.3 is 0 Å². The molecule has 0 aromatic rings. The van der Waals surface area contributed by atoms with Crippen LogP contribution in [-0.4, -0.2) is 18.2 Å². The average molecular weight is 362 g/mol. The minimum absolute atomic E-state index is 0.0994. The summed E-state index contributed by atoms with van der Waals surface area (Å²) < 4.78 is 0. The molecule has 2 rings (SSSR count). The number of hydrogen-bond acceptors (Lipinski definition) is 5. The Morgan fingerprint density at radius 2 is 1.23 bits per heavy atom. The van der Waals surface area contributed by atoms with Crippen molar-refractivity contribution in [2.24, 2.45) is 11.5 Å². The van der Waals surface area contributed by atoms with Crippen molar-refractivity contribution in [1.82, 2.24) is 16.4 Å². The molecule has 26 heavy (non-hydrogen) atoms. The SMILES string of the molecule is N=C(N)C1=C(/C2=C(\C(=N)N)CCCCCCCC2)NNNCCCCC1. The number of nitrogens with two attached hydrogens (primary N) is 2. The first-order valence-corrected chi connectivity index (χ1v) is 9.99. The third kappa shape index (κ3) is 6.14. The van der Waals surface area contributed by atoms with Crippen molar-refractivity contribution >= 4 is 11.7 Å². The largest absolute Gasteiger partial charge is 0.384 e. The van der Waals surface area contributed by atoms with Gasteiger partial charge in [-0.1, -0.05) is 32.1 Å². The zero-order valence-corrected chi connectivity index (χ0v) is 15.8. The van der Waals surface area contributed by atoms with Crippen LogP contribution < -0.4 is 27.9 Å². The fraction of sp³-hybridized carbons (Fsp3) is 0.684. The smallest absolute Gasteiger partial charge is 0.120 e. The minimum atomic E-state index is 0.0994. The van der Waals surface area contributed by atoms with Crippen molar-refractivity contribution in [3.8, 4) is 0 Å². The van der Waals surface area contributed by atoms with E-state index in [9.17, 15) is 0 Å². The quantitative estimate of drug-likeness (QED) is 0.306. The van der Waals surface area contributed by atoms with Gasteiger partial charge in [0.2, 0.25) is 0 Å². The molecule has 0 amide bonds. The van der Waals surface area contributed by atoms with Crippen LogP contribution >= 0.6 is 0 Å². The maximum absolute atomic E-state index is 8.13. The Balaban J connectivity index is 2.48. The van der Waals surface area contributed by atoms with E-state index in [1.165, 1.54) is 25.7 Å². The summed E-state index contributed by atoms with van der Waals surface area (Å²) >= 11 is 0. The summed E-state index contributed by atoms with van der Waals surface area (Å²) in [5.41, 5.74) is 25.0. The van der Waals surface area contributed by atoms with Gasteiger partial charge in [-0.05, 0) is 56.1 Å².